The van der Waals surface area contributed by atoms with Crippen LogP contribution in [0.3, 0.4) is 0 Å². The van der Waals surface area contributed by atoms with E-state index in [9.17, 15) is 14.7 Å². The second kappa shape index (κ2) is 7.05. The predicted octanol–water partition coefficient (Wildman–Crippen LogP) is 4.31. The number of anilines is 2. The Bertz CT molecular complexity index is 1090. The number of aromatic nitrogens is 1. The molecule has 0 spiro atoms. The van der Waals surface area contributed by atoms with Crippen molar-refractivity contribution in [2.24, 2.45) is 0 Å². The fourth-order valence-corrected chi connectivity index (χ4v) is 3.45. The molecule has 29 heavy (non-hydrogen) atoms. The van der Waals surface area contributed by atoms with Gasteiger partial charge in [0.05, 0.1) is 16.7 Å². The molecule has 4 rings (SSSR count). The van der Waals surface area contributed by atoms with Crippen molar-refractivity contribution in [3.63, 3.8) is 0 Å². The average molecular weight is 388 g/mol. The lowest BCUT2D eigenvalue weighted by Gasteiger charge is -2.20. The number of hydrogen-bond donors (Lipinski definition) is 1. The van der Waals surface area contributed by atoms with Crippen molar-refractivity contribution in [1.29, 1.82) is 0 Å². The van der Waals surface area contributed by atoms with Gasteiger partial charge < -0.3 is 9.84 Å². The smallest absolute Gasteiger partial charge is 0.335 e. The van der Waals surface area contributed by atoms with Gasteiger partial charge in [-0.2, -0.15) is 0 Å². The van der Waals surface area contributed by atoms with Crippen molar-refractivity contribution in [3.05, 3.63) is 83.6 Å². The molecule has 0 radical (unpaired) electrons. The summed E-state index contributed by atoms with van der Waals surface area (Å²) in [7, 11) is 0. The second-order valence-electron chi connectivity index (χ2n) is 7.43. The van der Waals surface area contributed by atoms with Crippen molar-refractivity contribution in [3.8, 4) is 5.75 Å². The van der Waals surface area contributed by atoms with Gasteiger partial charge >= 0.3 is 5.97 Å². The maximum absolute atomic E-state index is 13.2. The Morgan fingerprint density at radius 2 is 1.86 bits per heavy atom. The monoisotopic (exact) mass is 388 g/mol. The number of fused-ring (bicyclic) bond motifs is 1. The molecule has 1 amide bonds. The fourth-order valence-electron chi connectivity index (χ4n) is 3.45. The number of amides is 1. The van der Waals surface area contributed by atoms with E-state index in [-0.39, 0.29) is 11.5 Å². The molecule has 0 fully saturated rings. The van der Waals surface area contributed by atoms with Crippen LogP contribution in [0.15, 0.2) is 66.9 Å². The molecule has 6 heteroatoms. The summed E-state index contributed by atoms with van der Waals surface area (Å²) in [6.45, 7) is 3.98. The molecule has 1 aromatic heterocycles. The number of carboxylic acid groups (broad SMARTS) is 1. The van der Waals surface area contributed by atoms with Crippen LogP contribution in [0.2, 0.25) is 0 Å². The number of nitrogens with zero attached hydrogens (tertiary/aromatic N) is 2. The van der Waals surface area contributed by atoms with Gasteiger partial charge in [-0.1, -0.05) is 30.3 Å². The van der Waals surface area contributed by atoms with E-state index in [1.165, 1.54) is 11.0 Å². The van der Waals surface area contributed by atoms with E-state index in [4.69, 9.17) is 4.74 Å². The van der Waals surface area contributed by atoms with Crippen molar-refractivity contribution in [2.75, 3.05) is 4.90 Å². The first kappa shape index (κ1) is 18.7. The molecule has 2 aromatic carbocycles. The second-order valence-corrected chi connectivity index (χ2v) is 7.43. The highest BCUT2D eigenvalue weighted by Crippen LogP contribution is 2.45. The Kier molecular flexibility index (Phi) is 4.54. The van der Waals surface area contributed by atoms with E-state index >= 15 is 0 Å². The Morgan fingerprint density at radius 1 is 1.10 bits per heavy atom. The highest BCUT2D eigenvalue weighted by molar-refractivity contribution is 6.12. The molecule has 1 aliphatic heterocycles. The Hall–Kier alpha value is -3.67. The van der Waals surface area contributed by atoms with Crippen LogP contribution in [0.1, 0.15) is 35.3 Å². The molecule has 146 valence electrons. The lowest BCUT2D eigenvalue weighted by Crippen LogP contribution is -2.33. The summed E-state index contributed by atoms with van der Waals surface area (Å²) >= 11 is 0. The van der Waals surface area contributed by atoms with Crippen LogP contribution in [0.4, 0.5) is 11.5 Å². The average Bonchev–Trinajstić information content (AvgIpc) is 2.93. The molecule has 0 atom stereocenters. The molecule has 0 unspecified atom stereocenters. The van der Waals surface area contributed by atoms with E-state index < -0.39 is 11.4 Å². The van der Waals surface area contributed by atoms with Crippen LogP contribution >= 0.6 is 0 Å². The third-order valence-corrected chi connectivity index (χ3v) is 5.09. The molecular weight excluding hydrogens is 368 g/mol. The number of carbonyl (C=O) groups is 2. The normalized spacial score (nSPS) is 14.6. The van der Waals surface area contributed by atoms with Gasteiger partial charge in [0.15, 0.2) is 0 Å². The third-order valence-electron chi connectivity index (χ3n) is 5.09. The number of aromatic carboxylic acids is 1. The van der Waals surface area contributed by atoms with Crippen molar-refractivity contribution < 1.29 is 19.4 Å². The highest BCUT2D eigenvalue weighted by Gasteiger charge is 2.45. The summed E-state index contributed by atoms with van der Waals surface area (Å²) in [4.78, 5) is 30.4. The number of carbonyl (C=O) groups excluding carboxylic acids is 1. The fraction of sp³-hybridized carbons (Fsp3) is 0.174. The van der Waals surface area contributed by atoms with Crippen molar-refractivity contribution in [2.45, 2.75) is 25.9 Å². The van der Waals surface area contributed by atoms with Crippen molar-refractivity contribution in [1.82, 2.24) is 4.98 Å². The zero-order valence-electron chi connectivity index (χ0n) is 16.1. The van der Waals surface area contributed by atoms with Crippen LogP contribution in [-0.4, -0.2) is 22.0 Å². The van der Waals surface area contributed by atoms with Gasteiger partial charge in [0.25, 0.3) is 0 Å². The Labute approximate surface area is 168 Å². The van der Waals surface area contributed by atoms with Crippen LogP contribution in [-0.2, 0) is 16.8 Å². The maximum atomic E-state index is 13.2. The Morgan fingerprint density at radius 3 is 2.59 bits per heavy atom. The van der Waals surface area contributed by atoms with Gasteiger partial charge in [0.2, 0.25) is 5.91 Å². The lowest BCUT2D eigenvalue weighted by molar-refractivity contribution is -0.121. The van der Waals surface area contributed by atoms with Crippen LogP contribution < -0.4 is 9.64 Å². The number of rotatable bonds is 5. The third kappa shape index (κ3) is 3.33. The van der Waals surface area contributed by atoms with E-state index in [0.717, 1.165) is 5.56 Å². The molecule has 0 bridgehead atoms. The zero-order chi connectivity index (χ0) is 20.6. The molecular formula is C23H20N2O4. The molecule has 0 saturated heterocycles. The molecule has 0 aliphatic carbocycles. The van der Waals surface area contributed by atoms with Crippen LogP contribution in [0.25, 0.3) is 0 Å². The number of carboxylic acids is 1. The van der Waals surface area contributed by atoms with Gasteiger partial charge in [0, 0.05) is 12.3 Å². The quantitative estimate of drug-likeness (QED) is 0.704. The minimum atomic E-state index is -1.02. The van der Waals surface area contributed by atoms with E-state index in [1.807, 2.05) is 30.3 Å². The number of pyridine rings is 1. The predicted molar refractivity (Wildman–Crippen MR) is 109 cm³/mol. The SMILES string of the molecule is CC1(C)C(=O)N(c2cc(OCc3ccccc3)ccn2)c2ccc(C(=O)O)cc21. The van der Waals surface area contributed by atoms with Crippen LogP contribution in [0.5, 0.6) is 5.75 Å². The Balaban J connectivity index is 1.67. The molecule has 6 nitrogen and oxygen atoms in total. The molecule has 1 N–H and O–H groups in total. The van der Waals surface area contributed by atoms with Gasteiger partial charge in [-0.15, -0.1) is 0 Å². The summed E-state index contributed by atoms with van der Waals surface area (Å²) in [5, 5.41) is 9.30. The first-order valence-corrected chi connectivity index (χ1v) is 9.23. The molecule has 2 heterocycles. The first-order chi connectivity index (χ1) is 13.9. The van der Waals surface area contributed by atoms with Gasteiger partial charge in [-0.3, -0.25) is 9.69 Å². The van der Waals surface area contributed by atoms with Crippen molar-refractivity contribution >= 4 is 23.4 Å². The molecule has 3 aromatic rings. The van der Waals surface area contributed by atoms with E-state index in [1.54, 1.807) is 44.3 Å². The van der Waals surface area contributed by atoms with Gasteiger partial charge in [0.1, 0.15) is 18.2 Å². The maximum Gasteiger partial charge on any atom is 0.335 e. The first-order valence-electron chi connectivity index (χ1n) is 9.23. The largest absolute Gasteiger partial charge is 0.489 e. The van der Waals surface area contributed by atoms with Gasteiger partial charge in [-0.05, 0) is 49.2 Å². The summed E-state index contributed by atoms with van der Waals surface area (Å²) < 4.78 is 5.86. The number of benzene rings is 2. The highest BCUT2D eigenvalue weighted by atomic mass is 16.5. The summed E-state index contributed by atoms with van der Waals surface area (Å²) in [5.74, 6) is -0.151. The molecule has 1 aliphatic rings. The van der Waals surface area contributed by atoms with Gasteiger partial charge in [-0.25, -0.2) is 9.78 Å². The molecule has 0 saturated carbocycles. The van der Waals surface area contributed by atoms with E-state index in [0.29, 0.717) is 29.4 Å². The summed E-state index contributed by atoms with van der Waals surface area (Å²) in [6, 6.07) is 18.0. The standard InChI is InChI=1S/C23H20N2O4/c1-23(2)18-12-16(21(26)27)8-9-19(18)25(22(23)28)20-13-17(10-11-24-20)29-14-15-6-4-3-5-7-15/h3-13H,14H2,1-2H3,(H,26,27). The minimum absolute atomic E-state index is 0.152. The topological polar surface area (TPSA) is 79.7 Å². The van der Waals surface area contributed by atoms with E-state index in [2.05, 4.69) is 4.98 Å². The number of hydrogen-bond acceptors (Lipinski definition) is 4. The number of ether oxygens (including phenoxy) is 1. The summed E-state index contributed by atoms with van der Waals surface area (Å²) in [6.07, 6.45) is 1.60. The minimum Gasteiger partial charge on any atom is -0.489 e. The summed E-state index contributed by atoms with van der Waals surface area (Å²) in [5.41, 5.74) is 1.64. The van der Waals surface area contributed by atoms with Crippen LogP contribution in [0, 0.1) is 0 Å². The lowest BCUT2D eigenvalue weighted by atomic mass is 9.85. The zero-order valence-corrected chi connectivity index (χ0v) is 16.1.